The molecule has 214 valence electrons. The molecular weight excluding hydrogens is 532 g/mol. The molecule has 0 radical (unpaired) electrons. The molecule has 0 unspecified atom stereocenters. The second kappa shape index (κ2) is 16.1. The molecule has 0 aromatic heterocycles. The maximum absolute atomic E-state index is 12.1. The summed E-state index contributed by atoms with van der Waals surface area (Å²) >= 11 is 0. The van der Waals surface area contributed by atoms with Crippen LogP contribution in [-0.2, 0) is 57.9 Å². The summed E-state index contributed by atoms with van der Waals surface area (Å²) in [6.07, 6.45) is 0.190. The molecule has 0 amide bonds. The predicted molar refractivity (Wildman–Crippen MR) is 152 cm³/mol. The van der Waals surface area contributed by atoms with Gasteiger partial charge in [-0.1, -0.05) is 91.0 Å². The second-order valence-electron chi connectivity index (χ2n) is 9.17. The van der Waals surface area contributed by atoms with Crippen LogP contribution in [0, 0.1) is 0 Å². The van der Waals surface area contributed by atoms with Crippen LogP contribution >= 0.6 is 0 Å². The molecule has 8 nitrogen and oxygen atoms in total. The number of hydrogen-bond donors (Lipinski definition) is 0. The molecule has 0 N–H and O–H groups in total. The molecule has 0 fully saturated rings. The summed E-state index contributed by atoms with van der Waals surface area (Å²) in [6.45, 7) is 2.16. The minimum Gasteiger partial charge on any atom is -0.466 e. The summed E-state index contributed by atoms with van der Waals surface area (Å²) in [6, 6.07) is 28.5. The summed E-state index contributed by atoms with van der Waals surface area (Å²) in [5.74, 6) is -0.572. The fraction of sp³-hybridized carbons (Fsp3) is 0.323. The first-order valence-electron chi connectivity index (χ1n) is 12.9. The fourth-order valence-electron chi connectivity index (χ4n) is 4.01. The van der Waals surface area contributed by atoms with Gasteiger partial charge >= 0.3 is 5.97 Å². The monoisotopic (exact) mass is 568 g/mol. The van der Waals surface area contributed by atoms with Crippen LogP contribution in [0.15, 0.2) is 103 Å². The van der Waals surface area contributed by atoms with Gasteiger partial charge in [0.2, 0.25) is 0 Å². The van der Waals surface area contributed by atoms with E-state index in [1.807, 2.05) is 91.0 Å². The lowest BCUT2D eigenvalue weighted by Crippen LogP contribution is -2.48. The Hall–Kier alpha value is -3.34. The van der Waals surface area contributed by atoms with Gasteiger partial charge in [0.25, 0.3) is 10.1 Å². The normalized spacial score (nSPS) is 14.9. The number of hydrogen-bond acceptors (Lipinski definition) is 8. The Morgan fingerprint density at radius 2 is 1.15 bits per heavy atom. The predicted octanol–water partition coefficient (Wildman–Crippen LogP) is 4.84. The topological polar surface area (TPSA) is 97.4 Å². The first kappa shape index (κ1) is 31.2. The molecule has 0 saturated heterocycles. The average Bonchev–Trinajstić information content (AvgIpc) is 2.95. The molecular formula is C31H36O8S. The van der Waals surface area contributed by atoms with Crippen LogP contribution in [0.4, 0.5) is 0 Å². The van der Waals surface area contributed by atoms with Crippen molar-refractivity contribution in [3.63, 3.8) is 0 Å². The van der Waals surface area contributed by atoms with Crippen molar-refractivity contribution in [1.29, 1.82) is 0 Å². The number of rotatable bonds is 16. The highest BCUT2D eigenvalue weighted by Crippen LogP contribution is 2.24. The Kier molecular flexibility index (Phi) is 12.5. The molecule has 4 atom stereocenters. The molecule has 0 heterocycles. The second-order valence-corrected chi connectivity index (χ2v) is 10.8. The van der Waals surface area contributed by atoms with Crippen LogP contribution in [0.25, 0.3) is 0 Å². The van der Waals surface area contributed by atoms with Crippen molar-refractivity contribution in [2.24, 2.45) is 0 Å². The summed E-state index contributed by atoms with van der Waals surface area (Å²) in [5.41, 5.74) is 2.68. The Morgan fingerprint density at radius 1 is 0.725 bits per heavy atom. The van der Waals surface area contributed by atoms with E-state index in [0.29, 0.717) is 0 Å². The van der Waals surface area contributed by atoms with Crippen LogP contribution in [0.3, 0.4) is 0 Å². The molecule has 9 heteroatoms. The smallest absolute Gasteiger partial charge is 0.330 e. The highest BCUT2D eigenvalue weighted by Gasteiger charge is 2.37. The SMILES string of the molecule is COC(=O)/C=C/[C@@H](OCc1ccccc1)[C@H](OCc1ccccc1)[C@@H](OCc1ccccc1)[C@H](C)OS(C)(=O)=O. The summed E-state index contributed by atoms with van der Waals surface area (Å²) in [4.78, 5) is 12.1. The van der Waals surface area contributed by atoms with E-state index in [4.69, 9.17) is 23.1 Å². The molecule has 0 aliphatic rings. The lowest BCUT2D eigenvalue weighted by Gasteiger charge is -2.35. The van der Waals surface area contributed by atoms with Crippen molar-refractivity contribution in [2.75, 3.05) is 13.4 Å². The molecule has 3 aromatic carbocycles. The zero-order valence-electron chi connectivity index (χ0n) is 22.9. The van der Waals surface area contributed by atoms with Crippen molar-refractivity contribution in [3.05, 3.63) is 120 Å². The van der Waals surface area contributed by atoms with E-state index in [0.717, 1.165) is 22.9 Å². The third-order valence-corrected chi connectivity index (χ3v) is 6.57. The fourth-order valence-corrected chi connectivity index (χ4v) is 4.67. The van der Waals surface area contributed by atoms with Crippen molar-refractivity contribution in [2.45, 2.75) is 51.2 Å². The third kappa shape index (κ3) is 11.0. The number of carbonyl (C=O) groups excluding carboxylic acids is 1. The van der Waals surface area contributed by atoms with Gasteiger partial charge in [0, 0.05) is 6.08 Å². The molecule has 0 aliphatic heterocycles. The van der Waals surface area contributed by atoms with Gasteiger partial charge < -0.3 is 18.9 Å². The van der Waals surface area contributed by atoms with E-state index in [-0.39, 0.29) is 19.8 Å². The molecule has 0 aliphatic carbocycles. The minimum absolute atomic E-state index is 0.167. The molecule has 40 heavy (non-hydrogen) atoms. The molecule has 3 aromatic rings. The number of carbonyl (C=O) groups is 1. The first-order chi connectivity index (χ1) is 19.2. The zero-order valence-corrected chi connectivity index (χ0v) is 23.7. The van der Waals surface area contributed by atoms with Gasteiger partial charge in [-0.15, -0.1) is 0 Å². The van der Waals surface area contributed by atoms with Crippen molar-refractivity contribution in [1.82, 2.24) is 0 Å². The number of methoxy groups -OCH3 is 1. The average molecular weight is 569 g/mol. The molecule has 0 bridgehead atoms. The van der Waals surface area contributed by atoms with Crippen LogP contribution in [0.1, 0.15) is 23.6 Å². The Balaban J connectivity index is 1.99. The highest BCUT2D eigenvalue weighted by atomic mass is 32.2. The quantitative estimate of drug-likeness (QED) is 0.138. The van der Waals surface area contributed by atoms with E-state index in [1.54, 1.807) is 6.92 Å². The van der Waals surface area contributed by atoms with Crippen LogP contribution in [0.5, 0.6) is 0 Å². The van der Waals surface area contributed by atoms with Crippen LogP contribution < -0.4 is 0 Å². The van der Waals surface area contributed by atoms with Gasteiger partial charge in [0.1, 0.15) is 24.4 Å². The lowest BCUT2D eigenvalue weighted by molar-refractivity contribution is -0.161. The number of esters is 1. The zero-order chi connectivity index (χ0) is 28.8. The van der Waals surface area contributed by atoms with E-state index in [1.165, 1.54) is 19.3 Å². The number of benzene rings is 3. The largest absolute Gasteiger partial charge is 0.466 e. The van der Waals surface area contributed by atoms with Gasteiger partial charge in [0.05, 0.1) is 33.2 Å². The Labute approximate surface area is 236 Å². The van der Waals surface area contributed by atoms with Gasteiger partial charge in [-0.25, -0.2) is 4.79 Å². The van der Waals surface area contributed by atoms with E-state index < -0.39 is 40.5 Å². The van der Waals surface area contributed by atoms with Gasteiger partial charge in [-0.3, -0.25) is 4.18 Å². The Bertz CT molecular complexity index is 1280. The Morgan fingerprint density at radius 3 is 1.57 bits per heavy atom. The van der Waals surface area contributed by atoms with Gasteiger partial charge in [0.15, 0.2) is 0 Å². The van der Waals surface area contributed by atoms with Crippen molar-refractivity contribution in [3.8, 4) is 0 Å². The van der Waals surface area contributed by atoms with E-state index in [9.17, 15) is 13.2 Å². The molecule has 0 spiro atoms. The van der Waals surface area contributed by atoms with E-state index in [2.05, 4.69) is 0 Å². The van der Waals surface area contributed by atoms with E-state index >= 15 is 0 Å². The van der Waals surface area contributed by atoms with Crippen LogP contribution in [0.2, 0.25) is 0 Å². The number of ether oxygens (including phenoxy) is 4. The standard InChI is InChI=1S/C31H36O8S/c1-24(39-40(3,33)34)30(37-22-26-15-9-5-10-16-26)31(38-23-27-17-11-6-12-18-27)28(19-20-29(32)35-2)36-21-25-13-7-4-8-14-25/h4-20,24,28,30-31H,21-23H2,1-3H3/b20-19+/t24-,28+,30-,31-/m0/s1. The first-order valence-corrected chi connectivity index (χ1v) is 14.7. The molecule has 0 saturated carbocycles. The maximum Gasteiger partial charge on any atom is 0.330 e. The third-order valence-electron chi connectivity index (χ3n) is 5.92. The van der Waals surface area contributed by atoms with Crippen molar-refractivity contribution >= 4 is 16.1 Å². The van der Waals surface area contributed by atoms with Crippen molar-refractivity contribution < 1.29 is 36.3 Å². The summed E-state index contributed by atoms with van der Waals surface area (Å²) < 4.78 is 53.4. The summed E-state index contributed by atoms with van der Waals surface area (Å²) in [5, 5.41) is 0. The van der Waals surface area contributed by atoms with Gasteiger partial charge in [-0.2, -0.15) is 8.42 Å². The summed E-state index contributed by atoms with van der Waals surface area (Å²) in [7, 11) is -2.55. The lowest BCUT2D eigenvalue weighted by atomic mass is 10.0. The maximum atomic E-state index is 12.1. The highest BCUT2D eigenvalue weighted by molar-refractivity contribution is 7.86. The molecule has 3 rings (SSSR count). The van der Waals surface area contributed by atoms with Gasteiger partial charge in [-0.05, 0) is 29.7 Å². The minimum atomic E-state index is -3.83. The van der Waals surface area contributed by atoms with Crippen LogP contribution in [-0.4, -0.2) is 52.2 Å².